The highest BCUT2D eigenvalue weighted by molar-refractivity contribution is 7.89. The SMILES string of the molecule is CCCCNc1cc(CN2CCCC2)cc(S(N)(=O)=O)c1Oc1ccccc1. The van der Waals surface area contributed by atoms with E-state index in [4.69, 9.17) is 9.88 Å². The van der Waals surface area contributed by atoms with Gasteiger partial charge >= 0.3 is 0 Å². The van der Waals surface area contributed by atoms with Crippen molar-refractivity contribution in [2.24, 2.45) is 5.14 Å². The molecular weight excluding hydrogens is 374 g/mol. The van der Waals surface area contributed by atoms with E-state index in [9.17, 15) is 8.42 Å². The number of anilines is 1. The van der Waals surface area contributed by atoms with E-state index in [1.165, 1.54) is 12.8 Å². The molecule has 3 rings (SSSR count). The molecule has 1 heterocycles. The summed E-state index contributed by atoms with van der Waals surface area (Å²) in [6.07, 6.45) is 4.38. The Labute approximate surface area is 167 Å². The van der Waals surface area contributed by atoms with Gasteiger partial charge in [0.2, 0.25) is 10.0 Å². The van der Waals surface area contributed by atoms with E-state index in [2.05, 4.69) is 17.1 Å². The largest absolute Gasteiger partial charge is 0.454 e. The zero-order valence-electron chi connectivity index (χ0n) is 16.4. The first-order valence-corrected chi connectivity index (χ1v) is 11.4. The van der Waals surface area contributed by atoms with Crippen LogP contribution in [0.5, 0.6) is 11.5 Å². The minimum Gasteiger partial charge on any atom is -0.454 e. The van der Waals surface area contributed by atoms with Gasteiger partial charge in [0.25, 0.3) is 0 Å². The number of rotatable bonds is 9. The smallest absolute Gasteiger partial charge is 0.241 e. The van der Waals surface area contributed by atoms with Crippen molar-refractivity contribution in [2.45, 2.75) is 44.0 Å². The predicted molar refractivity (Wildman–Crippen MR) is 112 cm³/mol. The number of nitrogens with zero attached hydrogens (tertiary/aromatic N) is 1. The minimum atomic E-state index is -3.95. The van der Waals surface area contributed by atoms with Crippen molar-refractivity contribution in [3.8, 4) is 11.5 Å². The summed E-state index contributed by atoms with van der Waals surface area (Å²) in [4.78, 5) is 2.35. The van der Waals surface area contributed by atoms with Crippen molar-refractivity contribution in [3.05, 3.63) is 48.0 Å². The highest BCUT2D eigenvalue weighted by atomic mass is 32.2. The standard InChI is InChI=1S/C21H29N3O3S/c1-2-3-11-23-19-14-17(16-24-12-7-8-13-24)15-20(28(22,25)26)21(19)27-18-9-5-4-6-10-18/h4-6,9-10,14-15,23H,2-3,7-8,11-13,16H2,1H3,(H2,22,25,26). The average molecular weight is 404 g/mol. The van der Waals surface area contributed by atoms with E-state index >= 15 is 0 Å². The molecule has 0 atom stereocenters. The lowest BCUT2D eigenvalue weighted by molar-refractivity contribution is 0.331. The number of unbranched alkanes of at least 4 members (excludes halogenated alkanes) is 1. The van der Waals surface area contributed by atoms with E-state index < -0.39 is 10.0 Å². The number of nitrogens with two attached hydrogens (primary N) is 1. The van der Waals surface area contributed by atoms with Crippen LogP contribution in [0.1, 0.15) is 38.2 Å². The van der Waals surface area contributed by atoms with Crippen molar-refractivity contribution in [3.63, 3.8) is 0 Å². The summed E-state index contributed by atoms with van der Waals surface area (Å²) in [7, 11) is -3.95. The molecule has 0 saturated carbocycles. The Hall–Kier alpha value is -2.09. The van der Waals surface area contributed by atoms with Gasteiger partial charge < -0.3 is 10.1 Å². The second kappa shape index (κ2) is 9.41. The molecule has 28 heavy (non-hydrogen) atoms. The number of para-hydroxylation sites is 1. The van der Waals surface area contributed by atoms with Crippen molar-refractivity contribution in [2.75, 3.05) is 25.0 Å². The Morgan fingerprint density at radius 2 is 1.86 bits per heavy atom. The molecule has 1 fully saturated rings. The van der Waals surface area contributed by atoms with Crippen molar-refractivity contribution in [1.82, 2.24) is 4.90 Å². The Balaban J connectivity index is 2.01. The van der Waals surface area contributed by atoms with Crippen LogP contribution in [-0.4, -0.2) is 33.0 Å². The molecule has 1 saturated heterocycles. The molecular formula is C21H29N3O3S. The zero-order chi connectivity index (χ0) is 20.0. The molecule has 1 aliphatic heterocycles. The first kappa shape index (κ1) is 20.6. The number of benzene rings is 2. The van der Waals surface area contributed by atoms with Crippen LogP contribution in [0.25, 0.3) is 0 Å². The van der Waals surface area contributed by atoms with Gasteiger partial charge in [-0.3, -0.25) is 4.90 Å². The second-order valence-corrected chi connectivity index (χ2v) is 8.72. The quantitative estimate of drug-likeness (QED) is 0.620. The molecule has 3 N–H and O–H groups in total. The van der Waals surface area contributed by atoms with Gasteiger partial charge in [-0.1, -0.05) is 31.5 Å². The first-order chi connectivity index (χ1) is 13.5. The summed E-state index contributed by atoms with van der Waals surface area (Å²) in [5.74, 6) is 0.827. The molecule has 2 aromatic rings. The fraction of sp³-hybridized carbons (Fsp3) is 0.429. The Bertz CT molecular complexity index is 879. The summed E-state index contributed by atoms with van der Waals surface area (Å²) in [6.45, 7) is 5.62. The first-order valence-electron chi connectivity index (χ1n) is 9.86. The number of nitrogens with one attached hydrogen (secondary N) is 1. The lowest BCUT2D eigenvalue weighted by Gasteiger charge is -2.20. The Morgan fingerprint density at radius 3 is 2.50 bits per heavy atom. The topological polar surface area (TPSA) is 84.7 Å². The van der Waals surface area contributed by atoms with Crippen molar-refractivity contribution >= 4 is 15.7 Å². The van der Waals surface area contributed by atoms with Crippen LogP contribution < -0.4 is 15.2 Å². The maximum atomic E-state index is 12.4. The van der Waals surface area contributed by atoms with Gasteiger partial charge in [0.1, 0.15) is 10.6 Å². The van der Waals surface area contributed by atoms with Crippen LogP contribution in [-0.2, 0) is 16.6 Å². The highest BCUT2D eigenvalue weighted by Gasteiger charge is 2.23. The molecule has 0 spiro atoms. The van der Waals surface area contributed by atoms with Crippen molar-refractivity contribution in [1.29, 1.82) is 0 Å². The van der Waals surface area contributed by atoms with E-state index in [1.807, 2.05) is 24.3 Å². The summed E-state index contributed by atoms with van der Waals surface area (Å²) in [5.41, 5.74) is 1.59. The molecule has 0 unspecified atom stereocenters. The highest BCUT2D eigenvalue weighted by Crippen LogP contribution is 2.37. The monoisotopic (exact) mass is 403 g/mol. The van der Waals surface area contributed by atoms with E-state index in [-0.39, 0.29) is 10.6 Å². The van der Waals surface area contributed by atoms with Crippen LogP contribution in [0.15, 0.2) is 47.4 Å². The number of primary sulfonamides is 1. The summed E-state index contributed by atoms with van der Waals surface area (Å²) in [6, 6.07) is 12.8. The number of sulfonamides is 1. The van der Waals surface area contributed by atoms with Crippen molar-refractivity contribution < 1.29 is 13.2 Å². The van der Waals surface area contributed by atoms with Gasteiger partial charge in [-0.25, -0.2) is 13.6 Å². The molecule has 0 bridgehead atoms. The summed E-state index contributed by atoms with van der Waals surface area (Å²) < 4.78 is 30.7. The fourth-order valence-electron chi connectivity index (χ4n) is 3.40. The molecule has 0 aliphatic carbocycles. The Kier molecular flexibility index (Phi) is 6.93. The second-order valence-electron chi connectivity index (χ2n) is 7.19. The molecule has 6 nitrogen and oxygen atoms in total. The molecule has 0 amide bonds. The molecule has 0 radical (unpaired) electrons. The maximum absolute atomic E-state index is 12.4. The van der Waals surface area contributed by atoms with Crippen LogP contribution in [0.4, 0.5) is 5.69 Å². The third-order valence-electron chi connectivity index (χ3n) is 4.83. The van der Waals surface area contributed by atoms with Gasteiger partial charge in [-0.2, -0.15) is 0 Å². The zero-order valence-corrected chi connectivity index (χ0v) is 17.2. The Morgan fingerprint density at radius 1 is 1.14 bits per heavy atom. The summed E-state index contributed by atoms with van der Waals surface area (Å²) >= 11 is 0. The van der Waals surface area contributed by atoms with Gasteiger partial charge in [0.05, 0.1) is 5.69 Å². The fourth-order valence-corrected chi connectivity index (χ4v) is 4.13. The van der Waals surface area contributed by atoms with E-state index in [0.29, 0.717) is 18.0 Å². The van der Waals surface area contributed by atoms with Gasteiger partial charge in [0, 0.05) is 13.1 Å². The number of likely N-dealkylation sites (tertiary alicyclic amines) is 1. The lowest BCUT2D eigenvalue weighted by Crippen LogP contribution is -2.20. The van der Waals surface area contributed by atoms with Gasteiger partial charge in [-0.05, 0) is 62.2 Å². The average Bonchev–Trinajstić information content (AvgIpc) is 3.16. The molecule has 7 heteroatoms. The molecule has 0 aromatic heterocycles. The van der Waals surface area contributed by atoms with Gasteiger partial charge in [0.15, 0.2) is 5.75 Å². The number of hydrogen-bond acceptors (Lipinski definition) is 5. The number of ether oxygens (including phenoxy) is 1. The minimum absolute atomic E-state index is 0.0204. The van der Waals surface area contributed by atoms with E-state index in [0.717, 1.165) is 38.0 Å². The predicted octanol–water partition coefficient (Wildman–Crippen LogP) is 3.93. The van der Waals surface area contributed by atoms with Crippen LogP contribution >= 0.6 is 0 Å². The molecule has 2 aromatic carbocycles. The summed E-state index contributed by atoms with van der Waals surface area (Å²) in [5, 5.41) is 8.91. The molecule has 152 valence electrons. The third-order valence-corrected chi connectivity index (χ3v) is 5.75. The van der Waals surface area contributed by atoms with Gasteiger partial charge in [-0.15, -0.1) is 0 Å². The number of hydrogen-bond donors (Lipinski definition) is 2. The molecule has 1 aliphatic rings. The van der Waals surface area contributed by atoms with Crippen LogP contribution in [0, 0.1) is 0 Å². The van der Waals surface area contributed by atoms with Crippen LogP contribution in [0.2, 0.25) is 0 Å². The normalized spacial score (nSPS) is 14.9. The third kappa shape index (κ3) is 5.47. The maximum Gasteiger partial charge on any atom is 0.241 e. The van der Waals surface area contributed by atoms with E-state index in [1.54, 1.807) is 18.2 Å². The van der Waals surface area contributed by atoms with Crippen LogP contribution in [0.3, 0.4) is 0 Å². The lowest BCUT2D eigenvalue weighted by atomic mass is 10.1.